The first kappa shape index (κ1) is 9.36. The van der Waals surface area contributed by atoms with Gasteiger partial charge in [-0.2, -0.15) is 0 Å². The Balaban J connectivity index is 3.19. The van der Waals surface area contributed by atoms with E-state index in [1.54, 1.807) is 7.11 Å². The summed E-state index contributed by atoms with van der Waals surface area (Å²) in [6.07, 6.45) is 0. The van der Waals surface area contributed by atoms with E-state index in [-0.39, 0.29) is 0 Å². The normalized spacial score (nSPS) is 10.0. The van der Waals surface area contributed by atoms with E-state index in [0.29, 0.717) is 11.6 Å². The maximum atomic E-state index is 5.94. The highest BCUT2D eigenvalue weighted by atomic mass is 35.5. The molecule has 0 aromatic heterocycles. The number of nitrogens with two attached hydrogens (primary N) is 1. The van der Waals surface area contributed by atoms with Crippen molar-refractivity contribution < 1.29 is 4.74 Å². The Labute approximate surface area is 77.3 Å². The van der Waals surface area contributed by atoms with Gasteiger partial charge in [-0.25, -0.2) is 0 Å². The first-order valence-corrected chi connectivity index (χ1v) is 4.10. The number of hydrogen-bond donors (Lipinski definition) is 1. The molecule has 1 aromatic rings. The molecular formula is C9H12ClNO. The lowest BCUT2D eigenvalue weighted by Gasteiger charge is -2.08. The van der Waals surface area contributed by atoms with Crippen molar-refractivity contribution in [2.45, 2.75) is 13.5 Å². The van der Waals surface area contributed by atoms with Gasteiger partial charge in [-0.05, 0) is 24.6 Å². The van der Waals surface area contributed by atoms with Crippen LogP contribution in [-0.2, 0) is 6.54 Å². The van der Waals surface area contributed by atoms with Gasteiger partial charge in [-0.3, -0.25) is 0 Å². The molecule has 0 spiro atoms. The largest absolute Gasteiger partial charge is 0.496 e. The van der Waals surface area contributed by atoms with Crippen LogP contribution in [0.2, 0.25) is 5.02 Å². The highest BCUT2D eigenvalue weighted by Gasteiger charge is 2.04. The third kappa shape index (κ3) is 1.71. The summed E-state index contributed by atoms with van der Waals surface area (Å²) in [5.74, 6) is 0.794. The van der Waals surface area contributed by atoms with E-state index in [4.69, 9.17) is 22.1 Å². The lowest BCUT2D eigenvalue weighted by Crippen LogP contribution is -1.98. The van der Waals surface area contributed by atoms with Gasteiger partial charge in [0.25, 0.3) is 0 Å². The van der Waals surface area contributed by atoms with Gasteiger partial charge in [0.05, 0.1) is 7.11 Å². The van der Waals surface area contributed by atoms with E-state index in [1.165, 1.54) is 0 Å². The molecule has 1 aromatic carbocycles. The molecule has 66 valence electrons. The van der Waals surface area contributed by atoms with Gasteiger partial charge in [-0.15, -0.1) is 0 Å². The molecule has 0 fully saturated rings. The van der Waals surface area contributed by atoms with E-state index in [1.807, 2.05) is 19.1 Å². The minimum absolute atomic E-state index is 0.483. The number of hydrogen-bond acceptors (Lipinski definition) is 2. The zero-order chi connectivity index (χ0) is 9.14. The monoisotopic (exact) mass is 185 g/mol. The molecular weight excluding hydrogens is 174 g/mol. The Hall–Kier alpha value is -0.730. The first-order valence-electron chi connectivity index (χ1n) is 3.72. The molecule has 1 rings (SSSR count). The van der Waals surface area contributed by atoms with Crippen LogP contribution in [0.1, 0.15) is 11.1 Å². The highest BCUT2D eigenvalue weighted by molar-refractivity contribution is 6.31. The van der Waals surface area contributed by atoms with Gasteiger partial charge in [0.15, 0.2) is 0 Å². The summed E-state index contributed by atoms with van der Waals surface area (Å²) < 4.78 is 5.13. The quantitative estimate of drug-likeness (QED) is 0.766. The van der Waals surface area contributed by atoms with E-state index in [0.717, 1.165) is 16.9 Å². The van der Waals surface area contributed by atoms with Crippen molar-refractivity contribution >= 4 is 11.6 Å². The third-order valence-corrected chi connectivity index (χ3v) is 2.20. The van der Waals surface area contributed by atoms with Crippen molar-refractivity contribution in [2.75, 3.05) is 7.11 Å². The molecule has 0 saturated carbocycles. The van der Waals surface area contributed by atoms with Crippen LogP contribution in [0.3, 0.4) is 0 Å². The minimum atomic E-state index is 0.483. The van der Waals surface area contributed by atoms with E-state index >= 15 is 0 Å². The number of ether oxygens (including phenoxy) is 1. The summed E-state index contributed by atoms with van der Waals surface area (Å²) in [6.45, 7) is 2.40. The van der Waals surface area contributed by atoms with E-state index in [9.17, 15) is 0 Å². The number of methoxy groups -OCH3 is 1. The van der Waals surface area contributed by atoms with Gasteiger partial charge in [0.1, 0.15) is 5.75 Å². The van der Waals surface area contributed by atoms with Crippen molar-refractivity contribution in [3.8, 4) is 5.75 Å². The second-order valence-corrected chi connectivity index (χ2v) is 3.02. The maximum Gasteiger partial charge on any atom is 0.123 e. The van der Waals surface area contributed by atoms with E-state index < -0.39 is 0 Å². The molecule has 3 heteroatoms. The zero-order valence-corrected chi connectivity index (χ0v) is 7.98. The van der Waals surface area contributed by atoms with Crippen molar-refractivity contribution in [3.05, 3.63) is 28.3 Å². The highest BCUT2D eigenvalue weighted by Crippen LogP contribution is 2.26. The Morgan fingerprint density at radius 2 is 2.17 bits per heavy atom. The van der Waals surface area contributed by atoms with Crippen molar-refractivity contribution in [2.24, 2.45) is 5.73 Å². The van der Waals surface area contributed by atoms with Crippen LogP contribution in [0.25, 0.3) is 0 Å². The summed E-state index contributed by atoms with van der Waals surface area (Å²) >= 11 is 5.94. The molecule has 0 saturated heterocycles. The second kappa shape index (κ2) is 3.78. The molecule has 12 heavy (non-hydrogen) atoms. The van der Waals surface area contributed by atoms with Crippen LogP contribution in [0.15, 0.2) is 12.1 Å². The maximum absolute atomic E-state index is 5.94. The van der Waals surface area contributed by atoms with Gasteiger partial charge in [-0.1, -0.05) is 11.6 Å². The Bertz CT molecular complexity index is 286. The van der Waals surface area contributed by atoms with Crippen LogP contribution in [0.5, 0.6) is 5.75 Å². The average Bonchev–Trinajstić information content (AvgIpc) is 2.09. The van der Waals surface area contributed by atoms with E-state index in [2.05, 4.69) is 0 Å². The van der Waals surface area contributed by atoms with Crippen LogP contribution in [0, 0.1) is 6.92 Å². The first-order chi connectivity index (χ1) is 5.69. The van der Waals surface area contributed by atoms with Crippen molar-refractivity contribution in [3.63, 3.8) is 0 Å². The molecule has 2 N–H and O–H groups in total. The average molecular weight is 186 g/mol. The summed E-state index contributed by atoms with van der Waals surface area (Å²) in [6, 6.07) is 3.76. The molecule has 0 aliphatic carbocycles. The van der Waals surface area contributed by atoms with Crippen LogP contribution in [-0.4, -0.2) is 7.11 Å². The van der Waals surface area contributed by atoms with Gasteiger partial charge < -0.3 is 10.5 Å². The van der Waals surface area contributed by atoms with Crippen molar-refractivity contribution in [1.29, 1.82) is 0 Å². The predicted octanol–water partition coefficient (Wildman–Crippen LogP) is 2.12. The molecule has 0 atom stereocenters. The van der Waals surface area contributed by atoms with Gasteiger partial charge in [0.2, 0.25) is 0 Å². The minimum Gasteiger partial charge on any atom is -0.496 e. The molecule has 0 aliphatic heterocycles. The van der Waals surface area contributed by atoms with Crippen molar-refractivity contribution in [1.82, 2.24) is 0 Å². The molecule has 0 aliphatic rings. The fourth-order valence-corrected chi connectivity index (χ4v) is 1.27. The molecule has 0 radical (unpaired) electrons. The Morgan fingerprint density at radius 1 is 1.50 bits per heavy atom. The van der Waals surface area contributed by atoms with Crippen LogP contribution in [0.4, 0.5) is 0 Å². The zero-order valence-electron chi connectivity index (χ0n) is 7.23. The molecule has 0 heterocycles. The Kier molecular flexibility index (Phi) is 2.95. The summed E-state index contributed by atoms with van der Waals surface area (Å²) in [7, 11) is 1.62. The third-order valence-electron chi connectivity index (χ3n) is 1.81. The second-order valence-electron chi connectivity index (χ2n) is 2.61. The summed E-state index contributed by atoms with van der Waals surface area (Å²) in [4.78, 5) is 0. The molecule has 0 amide bonds. The smallest absolute Gasteiger partial charge is 0.123 e. The molecule has 0 unspecified atom stereocenters. The SMILES string of the molecule is COc1cc(CN)cc(Cl)c1C. The Morgan fingerprint density at radius 3 is 2.67 bits per heavy atom. The lowest BCUT2D eigenvalue weighted by molar-refractivity contribution is 0.411. The topological polar surface area (TPSA) is 35.2 Å². The predicted molar refractivity (Wildman–Crippen MR) is 50.6 cm³/mol. The number of benzene rings is 1. The molecule has 2 nitrogen and oxygen atoms in total. The van der Waals surface area contributed by atoms with Gasteiger partial charge >= 0.3 is 0 Å². The number of rotatable bonds is 2. The summed E-state index contributed by atoms with van der Waals surface area (Å²) in [5, 5.41) is 0.704. The standard InChI is InChI=1S/C9H12ClNO/c1-6-8(10)3-7(5-11)4-9(6)12-2/h3-4H,5,11H2,1-2H3. The number of halogens is 1. The van der Waals surface area contributed by atoms with Crippen LogP contribution < -0.4 is 10.5 Å². The fraction of sp³-hybridized carbons (Fsp3) is 0.333. The molecule has 0 bridgehead atoms. The fourth-order valence-electron chi connectivity index (χ4n) is 1.04. The lowest BCUT2D eigenvalue weighted by atomic mass is 10.1. The van der Waals surface area contributed by atoms with Crippen LogP contribution >= 0.6 is 11.6 Å². The van der Waals surface area contributed by atoms with Gasteiger partial charge in [0, 0.05) is 17.1 Å². The summed E-state index contributed by atoms with van der Waals surface area (Å²) in [5.41, 5.74) is 7.42.